The molecule has 1 aliphatic rings. The Morgan fingerprint density at radius 1 is 1.72 bits per heavy atom. The number of oxime groups is 1. The first-order valence-corrected chi connectivity index (χ1v) is 6.64. The quantitative estimate of drug-likeness (QED) is 0.328. The molecule has 0 radical (unpaired) electrons. The van der Waals surface area contributed by atoms with Crippen LogP contribution in [-0.4, -0.2) is 21.9 Å². The fourth-order valence-electron chi connectivity index (χ4n) is 2.06. The lowest BCUT2D eigenvalue weighted by Gasteiger charge is -2.38. The number of hydrogen-bond donors (Lipinski definition) is 3. The molecule has 1 aliphatic carbocycles. The summed E-state index contributed by atoms with van der Waals surface area (Å²) in [7, 11) is 0. The summed E-state index contributed by atoms with van der Waals surface area (Å²) in [5, 5.41) is 17.4. The van der Waals surface area contributed by atoms with Gasteiger partial charge in [-0.2, -0.15) is 0 Å². The van der Waals surface area contributed by atoms with Crippen LogP contribution in [0.15, 0.2) is 10.5 Å². The Labute approximate surface area is 109 Å². The Morgan fingerprint density at radius 3 is 2.89 bits per heavy atom. The first-order valence-electron chi connectivity index (χ1n) is 5.76. The van der Waals surface area contributed by atoms with E-state index in [4.69, 9.17) is 10.9 Å². The summed E-state index contributed by atoms with van der Waals surface area (Å²) in [4.78, 5) is 16.4. The van der Waals surface area contributed by atoms with Crippen molar-refractivity contribution in [2.75, 3.05) is 0 Å². The van der Waals surface area contributed by atoms with E-state index in [-0.39, 0.29) is 11.7 Å². The van der Waals surface area contributed by atoms with E-state index in [0.29, 0.717) is 19.4 Å². The second-order valence-corrected chi connectivity index (χ2v) is 5.52. The fourth-order valence-corrected chi connectivity index (χ4v) is 2.67. The van der Waals surface area contributed by atoms with E-state index in [2.05, 4.69) is 15.5 Å². The molecule has 0 saturated heterocycles. The zero-order valence-corrected chi connectivity index (χ0v) is 11.0. The molecule has 1 aromatic heterocycles. The average Bonchev–Trinajstić information content (AvgIpc) is 2.70. The minimum Gasteiger partial charge on any atom is -0.409 e. The second-order valence-electron chi connectivity index (χ2n) is 4.46. The monoisotopic (exact) mass is 268 g/mol. The summed E-state index contributed by atoms with van der Waals surface area (Å²) in [6.07, 6.45) is 2.18. The maximum atomic E-state index is 12.1. The van der Waals surface area contributed by atoms with Crippen LogP contribution in [0.3, 0.4) is 0 Å². The van der Waals surface area contributed by atoms with Crippen LogP contribution in [0.1, 0.15) is 30.0 Å². The average molecular weight is 268 g/mol. The standard InChI is InChI=1S/C11H16N4O2S/c1-7-14-8(6-18-7)5-13-10(16)11(3-2-4-11)9(12)15-17/h6,17H,2-5H2,1H3,(H2,12,15)(H,13,16). The van der Waals surface area contributed by atoms with Crippen LogP contribution in [0.2, 0.25) is 0 Å². The topological polar surface area (TPSA) is 101 Å². The van der Waals surface area contributed by atoms with E-state index in [1.165, 1.54) is 0 Å². The molecule has 1 saturated carbocycles. The highest BCUT2D eigenvalue weighted by molar-refractivity contribution is 7.09. The SMILES string of the molecule is Cc1nc(CNC(=O)C2(C(N)=NO)CCC2)cs1. The number of rotatable bonds is 4. The number of hydrogen-bond acceptors (Lipinski definition) is 5. The highest BCUT2D eigenvalue weighted by Crippen LogP contribution is 2.41. The van der Waals surface area contributed by atoms with Crippen molar-refractivity contribution >= 4 is 23.1 Å². The van der Waals surface area contributed by atoms with Gasteiger partial charge in [0.2, 0.25) is 5.91 Å². The number of nitrogens with one attached hydrogen (secondary N) is 1. The number of aryl methyl sites for hydroxylation is 1. The molecule has 0 bridgehead atoms. The minimum atomic E-state index is -0.820. The Morgan fingerprint density at radius 2 is 2.44 bits per heavy atom. The zero-order valence-electron chi connectivity index (χ0n) is 10.1. The van der Waals surface area contributed by atoms with Crippen molar-refractivity contribution in [1.29, 1.82) is 0 Å². The highest BCUT2D eigenvalue weighted by atomic mass is 32.1. The van der Waals surface area contributed by atoms with Crippen LogP contribution >= 0.6 is 11.3 Å². The number of nitrogens with two attached hydrogens (primary N) is 1. The fraction of sp³-hybridized carbons (Fsp3) is 0.545. The van der Waals surface area contributed by atoms with E-state index in [0.717, 1.165) is 17.1 Å². The number of carbonyl (C=O) groups excluding carboxylic acids is 1. The van der Waals surface area contributed by atoms with Crippen molar-refractivity contribution in [2.24, 2.45) is 16.3 Å². The summed E-state index contributed by atoms with van der Waals surface area (Å²) in [5.41, 5.74) is 5.63. The van der Waals surface area contributed by atoms with Crippen molar-refractivity contribution in [3.05, 3.63) is 16.1 Å². The van der Waals surface area contributed by atoms with Crippen molar-refractivity contribution < 1.29 is 10.0 Å². The molecule has 1 fully saturated rings. The van der Waals surface area contributed by atoms with Crippen LogP contribution < -0.4 is 11.1 Å². The molecule has 0 aliphatic heterocycles. The van der Waals surface area contributed by atoms with Gasteiger partial charge in [0.25, 0.3) is 0 Å². The van der Waals surface area contributed by atoms with Crippen LogP contribution in [0.5, 0.6) is 0 Å². The highest BCUT2D eigenvalue weighted by Gasteiger charge is 2.48. The van der Waals surface area contributed by atoms with E-state index in [9.17, 15) is 4.79 Å². The molecule has 0 aromatic carbocycles. The molecule has 1 aromatic rings. The molecule has 2 rings (SSSR count). The van der Waals surface area contributed by atoms with Crippen LogP contribution in [0.25, 0.3) is 0 Å². The number of nitrogens with zero attached hydrogens (tertiary/aromatic N) is 2. The van der Waals surface area contributed by atoms with Gasteiger partial charge in [-0.1, -0.05) is 11.6 Å². The van der Waals surface area contributed by atoms with Gasteiger partial charge < -0.3 is 16.3 Å². The van der Waals surface area contributed by atoms with Gasteiger partial charge in [0.1, 0.15) is 5.41 Å². The summed E-state index contributed by atoms with van der Waals surface area (Å²) in [5.74, 6) is -0.185. The molecule has 18 heavy (non-hydrogen) atoms. The molecule has 4 N–H and O–H groups in total. The molecule has 7 heteroatoms. The summed E-state index contributed by atoms with van der Waals surface area (Å²) in [6, 6.07) is 0. The normalized spacial score (nSPS) is 18.2. The predicted octanol–water partition coefficient (Wildman–Crippen LogP) is 0.984. The van der Waals surface area contributed by atoms with Gasteiger partial charge in [-0.3, -0.25) is 4.79 Å². The number of thiazole rings is 1. The van der Waals surface area contributed by atoms with E-state index < -0.39 is 5.41 Å². The maximum absolute atomic E-state index is 12.1. The third-order valence-electron chi connectivity index (χ3n) is 3.34. The van der Waals surface area contributed by atoms with Crippen LogP contribution in [0, 0.1) is 12.3 Å². The van der Waals surface area contributed by atoms with Gasteiger partial charge in [0.15, 0.2) is 5.84 Å². The third kappa shape index (κ3) is 2.17. The lowest BCUT2D eigenvalue weighted by molar-refractivity contribution is -0.131. The van der Waals surface area contributed by atoms with E-state index >= 15 is 0 Å². The lowest BCUT2D eigenvalue weighted by atomic mass is 9.67. The molecular formula is C11H16N4O2S. The number of amidine groups is 1. The van der Waals surface area contributed by atoms with Crippen molar-refractivity contribution in [3.8, 4) is 0 Å². The van der Waals surface area contributed by atoms with Crippen LogP contribution in [0.4, 0.5) is 0 Å². The Hall–Kier alpha value is -1.63. The molecule has 1 amide bonds. The van der Waals surface area contributed by atoms with Crippen molar-refractivity contribution in [3.63, 3.8) is 0 Å². The summed E-state index contributed by atoms with van der Waals surface area (Å²) < 4.78 is 0. The minimum absolute atomic E-state index is 0.000656. The third-order valence-corrected chi connectivity index (χ3v) is 4.16. The van der Waals surface area contributed by atoms with Crippen molar-refractivity contribution in [1.82, 2.24) is 10.3 Å². The number of amides is 1. The number of carbonyl (C=O) groups is 1. The summed E-state index contributed by atoms with van der Waals surface area (Å²) >= 11 is 1.54. The van der Waals surface area contributed by atoms with Gasteiger partial charge in [-0.25, -0.2) is 4.98 Å². The zero-order chi connectivity index (χ0) is 13.2. The van der Waals surface area contributed by atoms with Gasteiger partial charge >= 0.3 is 0 Å². The molecule has 0 atom stereocenters. The first-order chi connectivity index (χ1) is 8.58. The largest absolute Gasteiger partial charge is 0.409 e. The Balaban J connectivity index is 1.99. The van der Waals surface area contributed by atoms with Gasteiger partial charge in [0.05, 0.1) is 17.2 Å². The molecule has 98 valence electrons. The first kappa shape index (κ1) is 12.8. The predicted molar refractivity (Wildman–Crippen MR) is 68.4 cm³/mol. The lowest BCUT2D eigenvalue weighted by Crippen LogP contribution is -2.53. The second kappa shape index (κ2) is 4.93. The van der Waals surface area contributed by atoms with Gasteiger partial charge in [-0.05, 0) is 19.8 Å². The molecule has 6 nitrogen and oxygen atoms in total. The van der Waals surface area contributed by atoms with E-state index in [1.807, 2.05) is 12.3 Å². The van der Waals surface area contributed by atoms with Gasteiger partial charge in [-0.15, -0.1) is 11.3 Å². The smallest absolute Gasteiger partial charge is 0.234 e. The molecule has 0 unspecified atom stereocenters. The Bertz CT molecular complexity index is 479. The summed E-state index contributed by atoms with van der Waals surface area (Å²) in [6.45, 7) is 2.30. The molecule has 1 heterocycles. The van der Waals surface area contributed by atoms with Gasteiger partial charge in [0, 0.05) is 5.38 Å². The number of aromatic nitrogens is 1. The maximum Gasteiger partial charge on any atom is 0.234 e. The van der Waals surface area contributed by atoms with E-state index in [1.54, 1.807) is 11.3 Å². The molecule has 0 spiro atoms. The van der Waals surface area contributed by atoms with Crippen LogP contribution in [-0.2, 0) is 11.3 Å². The molecular weight excluding hydrogens is 252 g/mol. The van der Waals surface area contributed by atoms with Crippen molar-refractivity contribution in [2.45, 2.75) is 32.7 Å². The Kier molecular flexibility index (Phi) is 3.51.